The van der Waals surface area contributed by atoms with E-state index in [1.807, 2.05) is 0 Å². The molecule has 0 amide bonds. The minimum Gasteiger partial charge on any atom is -0.396 e. The number of unbranched alkanes of at least 4 members (excludes halogenated alkanes) is 36. The van der Waals surface area contributed by atoms with E-state index in [9.17, 15) is 4.57 Å². The predicted octanol–water partition coefficient (Wildman–Crippen LogP) is 13.6. The molecule has 0 unspecified atom stereocenters. The maximum Gasteiger partial charge on any atom is 0.325 e. The molecule has 266 valence electrons. The Morgan fingerprint density at radius 2 is 0.386 bits per heavy atom. The van der Waals surface area contributed by atoms with E-state index in [0.717, 1.165) is 19.3 Å². The molecule has 0 bridgehead atoms. The van der Waals surface area contributed by atoms with Gasteiger partial charge in [0.1, 0.15) is 0 Å². The molecule has 0 rings (SSSR count). The highest BCUT2D eigenvalue weighted by Crippen LogP contribution is 2.35. The lowest BCUT2D eigenvalue weighted by Gasteiger charge is -2.05. The van der Waals surface area contributed by atoms with Crippen molar-refractivity contribution in [2.75, 3.05) is 12.8 Å². The van der Waals surface area contributed by atoms with E-state index in [0.29, 0.717) is 13.0 Å². The summed E-state index contributed by atoms with van der Waals surface area (Å²) in [6.07, 6.45) is 50.4. The Kier molecular flexibility index (Phi) is 37.7. The molecule has 0 aliphatic rings. The monoisotopic (exact) mass is 645 g/mol. The molecule has 0 heterocycles. The van der Waals surface area contributed by atoms with Crippen LogP contribution in [0, 0.1) is 0 Å². The molecule has 0 aromatic heterocycles. The van der Waals surface area contributed by atoms with Crippen LogP contribution in [-0.2, 0) is 4.57 Å². The van der Waals surface area contributed by atoms with E-state index < -0.39 is 7.60 Å². The van der Waals surface area contributed by atoms with Crippen molar-refractivity contribution in [2.24, 2.45) is 0 Å². The first-order valence-corrected chi connectivity index (χ1v) is 22.0. The fraction of sp³-hybridized carbons (Fsp3) is 1.00. The highest BCUT2D eigenvalue weighted by Gasteiger charge is 2.10. The van der Waals surface area contributed by atoms with E-state index in [-0.39, 0.29) is 6.16 Å². The van der Waals surface area contributed by atoms with E-state index in [1.54, 1.807) is 0 Å². The Bertz CT molecular complexity index is 564. The molecule has 0 aromatic rings. The van der Waals surface area contributed by atoms with Gasteiger partial charge in [-0.2, -0.15) is 0 Å². The third kappa shape index (κ3) is 42.1. The van der Waals surface area contributed by atoms with Crippen molar-refractivity contribution in [1.82, 2.24) is 0 Å². The van der Waals surface area contributed by atoms with Crippen molar-refractivity contribution >= 4 is 7.60 Å². The van der Waals surface area contributed by atoms with Gasteiger partial charge in [-0.3, -0.25) is 4.57 Å². The highest BCUT2D eigenvalue weighted by molar-refractivity contribution is 7.51. The normalized spacial score (nSPS) is 12.0. The number of aliphatic hydroxyl groups excluding tert-OH is 1. The summed E-state index contributed by atoms with van der Waals surface area (Å²) >= 11 is 0. The van der Waals surface area contributed by atoms with Gasteiger partial charge in [-0.25, -0.2) is 0 Å². The lowest BCUT2D eigenvalue weighted by atomic mass is 10.0. The van der Waals surface area contributed by atoms with E-state index in [1.165, 1.54) is 212 Å². The number of hydrogen-bond acceptors (Lipinski definition) is 2. The van der Waals surface area contributed by atoms with Crippen LogP contribution in [-0.4, -0.2) is 27.7 Å². The highest BCUT2D eigenvalue weighted by atomic mass is 31.2. The quantitative estimate of drug-likeness (QED) is 0.0459. The second kappa shape index (κ2) is 37.6. The molecule has 44 heavy (non-hydrogen) atoms. The molecular formula is C39H81O4P. The maximum atomic E-state index is 10.8. The Morgan fingerprint density at radius 3 is 0.523 bits per heavy atom. The Labute approximate surface area is 276 Å². The summed E-state index contributed by atoms with van der Waals surface area (Å²) in [5, 5.41) is 8.79. The van der Waals surface area contributed by atoms with Gasteiger partial charge in [-0.15, -0.1) is 0 Å². The van der Waals surface area contributed by atoms with Crippen molar-refractivity contribution in [2.45, 2.75) is 238 Å². The fourth-order valence-corrected chi connectivity index (χ4v) is 7.25. The zero-order valence-corrected chi connectivity index (χ0v) is 30.7. The van der Waals surface area contributed by atoms with Crippen LogP contribution in [0.25, 0.3) is 0 Å². The average molecular weight is 645 g/mol. The van der Waals surface area contributed by atoms with Gasteiger partial charge in [0.25, 0.3) is 0 Å². The van der Waals surface area contributed by atoms with Gasteiger partial charge in [0.2, 0.25) is 0 Å². The van der Waals surface area contributed by atoms with Crippen molar-refractivity contribution < 1.29 is 19.5 Å². The van der Waals surface area contributed by atoms with Gasteiger partial charge in [-0.05, 0) is 12.8 Å². The van der Waals surface area contributed by atoms with E-state index in [2.05, 4.69) is 0 Å². The summed E-state index contributed by atoms with van der Waals surface area (Å²) < 4.78 is 10.8. The van der Waals surface area contributed by atoms with Crippen LogP contribution < -0.4 is 0 Å². The molecule has 0 saturated carbocycles. The van der Waals surface area contributed by atoms with Gasteiger partial charge in [-0.1, -0.05) is 225 Å². The summed E-state index contributed by atoms with van der Waals surface area (Å²) in [4.78, 5) is 17.7. The van der Waals surface area contributed by atoms with Crippen LogP contribution in [0.2, 0.25) is 0 Å². The molecule has 0 radical (unpaired) electrons. The Balaban J connectivity index is 3.05. The summed E-state index contributed by atoms with van der Waals surface area (Å²) in [6.45, 7) is 0.367. The van der Waals surface area contributed by atoms with Crippen LogP contribution in [0.15, 0.2) is 0 Å². The van der Waals surface area contributed by atoms with Crippen molar-refractivity contribution in [3.63, 3.8) is 0 Å². The Hall–Kier alpha value is 0.110. The Morgan fingerprint density at radius 1 is 0.250 bits per heavy atom. The van der Waals surface area contributed by atoms with Crippen LogP contribution in [0.5, 0.6) is 0 Å². The summed E-state index contributed by atoms with van der Waals surface area (Å²) in [6, 6.07) is 0. The molecule has 0 saturated heterocycles. The van der Waals surface area contributed by atoms with Crippen LogP contribution in [0.1, 0.15) is 238 Å². The summed E-state index contributed by atoms with van der Waals surface area (Å²) in [5.74, 6) is 0. The lowest BCUT2D eigenvalue weighted by molar-refractivity contribution is 0.282. The van der Waals surface area contributed by atoms with Gasteiger partial charge < -0.3 is 14.9 Å². The standard InChI is InChI=1S/C39H81O4P/c40-38-36-34-32-30-28-26-24-22-20-18-16-14-12-10-8-6-4-2-1-3-5-7-9-11-13-15-17-19-21-23-25-27-29-31-33-35-37-39-44(41,42)43/h40H,1-39H2,(H2,41,42,43). The minimum absolute atomic E-state index is 0.0597. The molecule has 5 heteroatoms. The van der Waals surface area contributed by atoms with Crippen LogP contribution >= 0.6 is 7.60 Å². The van der Waals surface area contributed by atoms with Gasteiger partial charge >= 0.3 is 7.60 Å². The molecule has 0 atom stereocenters. The average Bonchev–Trinajstić information content (AvgIpc) is 3.00. The third-order valence-corrected chi connectivity index (χ3v) is 10.5. The SMILES string of the molecule is O=P(O)(O)CCCCCCCCCCCCCCCCCCCCCCCCCCCCCCCCCCCCCCCO. The van der Waals surface area contributed by atoms with Gasteiger partial charge in [0, 0.05) is 12.8 Å². The summed E-state index contributed by atoms with van der Waals surface area (Å²) in [7, 11) is -3.77. The lowest BCUT2D eigenvalue weighted by Crippen LogP contribution is -1.88. The fourth-order valence-electron chi connectivity index (χ4n) is 6.62. The largest absolute Gasteiger partial charge is 0.396 e. The molecule has 3 N–H and O–H groups in total. The molecule has 0 spiro atoms. The van der Waals surface area contributed by atoms with Crippen molar-refractivity contribution in [3.8, 4) is 0 Å². The number of aliphatic hydroxyl groups is 1. The minimum atomic E-state index is -3.77. The van der Waals surface area contributed by atoms with Gasteiger partial charge in [0.15, 0.2) is 0 Å². The third-order valence-electron chi connectivity index (χ3n) is 9.61. The van der Waals surface area contributed by atoms with E-state index >= 15 is 0 Å². The zero-order chi connectivity index (χ0) is 32.1. The second-order valence-electron chi connectivity index (χ2n) is 14.2. The van der Waals surface area contributed by atoms with Gasteiger partial charge in [0.05, 0.1) is 0 Å². The number of hydrogen-bond donors (Lipinski definition) is 3. The van der Waals surface area contributed by atoms with Crippen LogP contribution in [0.3, 0.4) is 0 Å². The molecule has 0 aliphatic heterocycles. The van der Waals surface area contributed by atoms with Crippen molar-refractivity contribution in [3.05, 3.63) is 0 Å². The van der Waals surface area contributed by atoms with Crippen LogP contribution in [0.4, 0.5) is 0 Å². The molecule has 4 nitrogen and oxygen atoms in total. The first kappa shape index (κ1) is 44.1. The molecular weight excluding hydrogens is 563 g/mol. The first-order valence-electron chi connectivity index (χ1n) is 20.2. The molecule has 0 fully saturated rings. The number of rotatable bonds is 39. The molecule has 0 aromatic carbocycles. The van der Waals surface area contributed by atoms with E-state index in [4.69, 9.17) is 14.9 Å². The first-order chi connectivity index (χ1) is 21.6. The zero-order valence-electron chi connectivity index (χ0n) is 29.8. The van der Waals surface area contributed by atoms with Crippen molar-refractivity contribution in [1.29, 1.82) is 0 Å². The predicted molar refractivity (Wildman–Crippen MR) is 195 cm³/mol. The summed E-state index contributed by atoms with van der Waals surface area (Å²) in [5.41, 5.74) is 0. The maximum absolute atomic E-state index is 10.8. The topological polar surface area (TPSA) is 77.8 Å². The second-order valence-corrected chi connectivity index (χ2v) is 16.0. The smallest absolute Gasteiger partial charge is 0.325 e. The molecule has 0 aliphatic carbocycles.